The highest BCUT2D eigenvalue weighted by molar-refractivity contribution is 5.89. The summed E-state index contributed by atoms with van der Waals surface area (Å²) in [4.78, 5) is 28.9. The Hall–Kier alpha value is -2.12. The van der Waals surface area contributed by atoms with E-state index in [1.54, 1.807) is 12.0 Å². The van der Waals surface area contributed by atoms with Gasteiger partial charge in [0, 0.05) is 45.4 Å². The van der Waals surface area contributed by atoms with E-state index < -0.39 is 5.79 Å². The molecule has 3 aliphatic rings. The molecule has 7 heteroatoms. The molecule has 1 aromatic carbocycles. The molecular formula is C20H26N2O5. The third-order valence-corrected chi connectivity index (χ3v) is 5.72. The molecule has 0 aliphatic carbocycles. The van der Waals surface area contributed by atoms with Crippen molar-refractivity contribution in [2.45, 2.75) is 31.6 Å². The lowest BCUT2D eigenvalue weighted by Gasteiger charge is -2.38. The van der Waals surface area contributed by atoms with Crippen LogP contribution in [0.4, 0.5) is 0 Å². The fourth-order valence-electron chi connectivity index (χ4n) is 4.19. The highest BCUT2D eigenvalue weighted by Gasteiger charge is 2.43. The van der Waals surface area contributed by atoms with E-state index in [4.69, 9.17) is 14.2 Å². The second-order valence-electron chi connectivity index (χ2n) is 7.46. The van der Waals surface area contributed by atoms with Crippen molar-refractivity contribution in [3.63, 3.8) is 0 Å². The molecule has 0 aromatic heterocycles. The monoisotopic (exact) mass is 374 g/mol. The number of nitrogens with zero attached hydrogens (tertiary/aromatic N) is 2. The fourth-order valence-corrected chi connectivity index (χ4v) is 4.19. The van der Waals surface area contributed by atoms with Crippen LogP contribution in [0, 0.1) is 5.92 Å². The van der Waals surface area contributed by atoms with Gasteiger partial charge in [-0.15, -0.1) is 0 Å². The Bertz CT molecular complexity index is 706. The molecule has 0 radical (unpaired) electrons. The normalized spacial score (nSPS) is 24.6. The number of amides is 2. The summed E-state index contributed by atoms with van der Waals surface area (Å²) < 4.78 is 16.7. The van der Waals surface area contributed by atoms with Crippen LogP contribution in [-0.4, -0.2) is 67.4 Å². The van der Waals surface area contributed by atoms with Crippen molar-refractivity contribution >= 4 is 11.8 Å². The lowest BCUT2D eigenvalue weighted by Crippen LogP contribution is -2.49. The van der Waals surface area contributed by atoms with E-state index in [1.807, 2.05) is 29.2 Å². The van der Waals surface area contributed by atoms with Gasteiger partial charge in [0.05, 0.1) is 26.2 Å². The molecule has 7 nitrogen and oxygen atoms in total. The molecule has 1 aromatic rings. The predicted octanol–water partition coefficient (Wildman–Crippen LogP) is 1.41. The van der Waals surface area contributed by atoms with Crippen LogP contribution in [0.15, 0.2) is 24.3 Å². The molecule has 3 saturated heterocycles. The van der Waals surface area contributed by atoms with E-state index in [0.717, 1.165) is 11.3 Å². The summed E-state index contributed by atoms with van der Waals surface area (Å²) in [5.74, 6) is 0.130. The number of benzene rings is 1. The third kappa shape index (κ3) is 3.80. The van der Waals surface area contributed by atoms with Gasteiger partial charge in [-0.1, -0.05) is 12.1 Å². The zero-order valence-corrected chi connectivity index (χ0v) is 15.7. The minimum absolute atomic E-state index is 0.0344. The Balaban J connectivity index is 1.33. The lowest BCUT2D eigenvalue weighted by atomic mass is 10.0. The van der Waals surface area contributed by atoms with Crippen LogP contribution in [0.25, 0.3) is 0 Å². The number of carbonyl (C=O) groups excluding carboxylic acids is 2. The number of rotatable bonds is 4. The maximum Gasteiger partial charge on any atom is 0.228 e. The van der Waals surface area contributed by atoms with E-state index in [-0.39, 0.29) is 24.2 Å². The summed E-state index contributed by atoms with van der Waals surface area (Å²) >= 11 is 0. The smallest absolute Gasteiger partial charge is 0.228 e. The number of hydrogen-bond donors (Lipinski definition) is 0. The third-order valence-electron chi connectivity index (χ3n) is 5.72. The minimum atomic E-state index is -0.485. The Labute approximate surface area is 159 Å². The zero-order chi connectivity index (χ0) is 18.9. The van der Waals surface area contributed by atoms with Gasteiger partial charge < -0.3 is 24.0 Å². The second kappa shape index (κ2) is 7.48. The summed E-state index contributed by atoms with van der Waals surface area (Å²) in [6, 6.07) is 7.68. The van der Waals surface area contributed by atoms with Crippen LogP contribution in [-0.2, 0) is 25.6 Å². The summed E-state index contributed by atoms with van der Waals surface area (Å²) in [6.07, 6.45) is 1.69. The molecule has 0 unspecified atom stereocenters. The number of likely N-dealkylation sites (tertiary alicyclic amines) is 2. The molecule has 1 spiro atoms. The highest BCUT2D eigenvalue weighted by Crippen LogP contribution is 2.32. The van der Waals surface area contributed by atoms with Gasteiger partial charge in [-0.05, 0) is 17.7 Å². The first-order valence-corrected chi connectivity index (χ1v) is 9.56. The number of methoxy groups -OCH3 is 1. The van der Waals surface area contributed by atoms with E-state index in [1.165, 1.54) is 0 Å². The predicted molar refractivity (Wildman–Crippen MR) is 97.0 cm³/mol. The average molecular weight is 374 g/mol. The number of ether oxygens (including phenoxy) is 3. The molecule has 0 N–H and O–H groups in total. The molecule has 146 valence electrons. The molecule has 27 heavy (non-hydrogen) atoms. The molecule has 2 amide bonds. The quantitative estimate of drug-likeness (QED) is 0.797. The van der Waals surface area contributed by atoms with Gasteiger partial charge in [0.1, 0.15) is 5.75 Å². The summed E-state index contributed by atoms with van der Waals surface area (Å²) in [6.45, 7) is 3.49. The first kappa shape index (κ1) is 18.3. The average Bonchev–Trinajstić information content (AvgIpc) is 3.29. The molecule has 3 heterocycles. The van der Waals surface area contributed by atoms with Gasteiger partial charge in [0.15, 0.2) is 5.79 Å². The van der Waals surface area contributed by atoms with Gasteiger partial charge in [-0.25, -0.2) is 0 Å². The lowest BCUT2D eigenvalue weighted by molar-refractivity contribution is -0.188. The molecule has 3 fully saturated rings. The van der Waals surface area contributed by atoms with Crippen molar-refractivity contribution in [3.8, 4) is 5.75 Å². The zero-order valence-electron chi connectivity index (χ0n) is 15.7. The molecule has 0 saturated carbocycles. The van der Waals surface area contributed by atoms with Crippen LogP contribution < -0.4 is 4.74 Å². The van der Waals surface area contributed by atoms with Crippen LogP contribution >= 0.6 is 0 Å². The number of piperidine rings is 1. The van der Waals surface area contributed by atoms with E-state index in [2.05, 4.69) is 0 Å². The van der Waals surface area contributed by atoms with Crippen LogP contribution in [0.5, 0.6) is 5.75 Å². The Morgan fingerprint density at radius 2 is 2.00 bits per heavy atom. The van der Waals surface area contributed by atoms with Crippen LogP contribution in [0.3, 0.4) is 0 Å². The van der Waals surface area contributed by atoms with Gasteiger partial charge >= 0.3 is 0 Å². The van der Waals surface area contributed by atoms with Crippen molar-refractivity contribution in [2.75, 3.05) is 40.0 Å². The molecule has 1 atom stereocenters. The summed E-state index contributed by atoms with van der Waals surface area (Å²) in [7, 11) is 1.62. The topological polar surface area (TPSA) is 68.3 Å². The van der Waals surface area contributed by atoms with Crippen molar-refractivity contribution in [3.05, 3.63) is 29.8 Å². The SMILES string of the molecule is COc1cccc(CN2C[C@@H](C(=O)N3CCC4(CC3)OCCO4)CC2=O)c1. The van der Waals surface area contributed by atoms with Crippen molar-refractivity contribution in [2.24, 2.45) is 5.92 Å². The van der Waals surface area contributed by atoms with Gasteiger partial charge in [-0.2, -0.15) is 0 Å². The second-order valence-corrected chi connectivity index (χ2v) is 7.46. The Kier molecular flexibility index (Phi) is 5.06. The Morgan fingerprint density at radius 3 is 2.70 bits per heavy atom. The molecule has 0 bridgehead atoms. The molecule has 3 aliphatic heterocycles. The maximum atomic E-state index is 12.9. The first-order chi connectivity index (χ1) is 13.1. The standard InChI is InChI=1S/C20H26N2O5/c1-25-17-4-2-3-15(11-17)13-22-14-16(12-18(22)23)19(24)21-7-5-20(6-8-21)26-9-10-27-20/h2-4,11,16H,5-10,12-14H2,1H3/t16-/m0/s1. The largest absolute Gasteiger partial charge is 0.497 e. The Morgan fingerprint density at radius 1 is 1.26 bits per heavy atom. The van der Waals surface area contributed by atoms with Crippen molar-refractivity contribution < 1.29 is 23.8 Å². The highest BCUT2D eigenvalue weighted by atomic mass is 16.7. The van der Waals surface area contributed by atoms with Crippen LogP contribution in [0.1, 0.15) is 24.8 Å². The summed E-state index contributed by atoms with van der Waals surface area (Å²) in [5.41, 5.74) is 1.01. The van der Waals surface area contributed by atoms with Gasteiger partial charge in [0.25, 0.3) is 0 Å². The van der Waals surface area contributed by atoms with Crippen molar-refractivity contribution in [1.82, 2.24) is 9.80 Å². The molecular weight excluding hydrogens is 348 g/mol. The maximum absolute atomic E-state index is 12.9. The minimum Gasteiger partial charge on any atom is -0.497 e. The van der Waals surface area contributed by atoms with E-state index in [9.17, 15) is 9.59 Å². The number of hydrogen-bond acceptors (Lipinski definition) is 5. The van der Waals surface area contributed by atoms with Crippen molar-refractivity contribution in [1.29, 1.82) is 0 Å². The van der Waals surface area contributed by atoms with E-state index >= 15 is 0 Å². The molecule has 4 rings (SSSR count). The number of carbonyl (C=O) groups is 2. The first-order valence-electron chi connectivity index (χ1n) is 9.56. The fraction of sp³-hybridized carbons (Fsp3) is 0.600. The van der Waals surface area contributed by atoms with Gasteiger partial charge in [0.2, 0.25) is 11.8 Å². The summed E-state index contributed by atoms with van der Waals surface area (Å²) in [5, 5.41) is 0. The van der Waals surface area contributed by atoms with Gasteiger partial charge in [-0.3, -0.25) is 9.59 Å². The van der Waals surface area contributed by atoms with Crippen LogP contribution in [0.2, 0.25) is 0 Å². The van der Waals surface area contributed by atoms with E-state index in [0.29, 0.717) is 52.2 Å².